The van der Waals surface area contributed by atoms with Crippen molar-refractivity contribution >= 4 is 5.91 Å². The lowest BCUT2D eigenvalue weighted by atomic mass is 10.1. The minimum Gasteiger partial charge on any atom is -0.497 e. The lowest BCUT2D eigenvalue weighted by Gasteiger charge is -2.19. The van der Waals surface area contributed by atoms with Gasteiger partial charge < -0.3 is 14.4 Å². The fourth-order valence-electron chi connectivity index (χ4n) is 3.22. The second kappa shape index (κ2) is 8.17. The van der Waals surface area contributed by atoms with Crippen molar-refractivity contribution in [2.75, 3.05) is 21.3 Å². The molecule has 1 heterocycles. The van der Waals surface area contributed by atoms with E-state index >= 15 is 0 Å². The number of carbonyl (C=O) groups is 1. The summed E-state index contributed by atoms with van der Waals surface area (Å²) in [6.07, 6.45) is 0. The molecule has 0 saturated heterocycles. The molecule has 6 nitrogen and oxygen atoms in total. The zero-order valence-corrected chi connectivity index (χ0v) is 16.9. The van der Waals surface area contributed by atoms with Gasteiger partial charge in [-0.05, 0) is 44.2 Å². The van der Waals surface area contributed by atoms with E-state index in [0.29, 0.717) is 23.6 Å². The van der Waals surface area contributed by atoms with E-state index < -0.39 is 0 Å². The molecule has 146 valence electrons. The zero-order valence-electron chi connectivity index (χ0n) is 16.9. The highest BCUT2D eigenvalue weighted by Crippen LogP contribution is 2.26. The van der Waals surface area contributed by atoms with Crippen molar-refractivity contribution in [1.82, 2.24) is 14.7 Å². The third kappa shape index (κ3) is 3.71. The number of carbonyl (C=O) groups excluding carboxylic acids is 1. The van der Waals surface area contributed by atoms with E-state index in [9.17, 15) is 4.79 Å². The highest BCUT2D eigenvalue weighted by Gasteiger charge is 2.21. The van der Waals surface area contributed by atoms with Crippen LogP contribution in [0.1, 0.15) is 27.3 Å². The highest BCUT2D eigenvalue weighted by molar-refractivity contribution is 5.97. The highest BCUT2D eigenvalue weighted by atomic mass is 16.5. The largest absolute Gasteiger partial charge is 0.497 e. The molecule has 1 amide bonds. The molecule has 0 aliphatic carbocycles. The van der Waals surface area contributed by atoms with E-state index in [1.54, 1.807) is 44.4 Å². The van der Waals surface area contributed by atoms with Crippen LogP contribution >= 0.6 is 0 Å². The van der Waals surface area contributed by atoms with Crippen LogP contribution in [0.15, 0.2) is 48.5 Å². The summed E-state index contributed by atoms with van der Waals surface area (Å²) in [7, 11) is 4.90. The van der Waals surface area contributed by atoms with Gasteiger partial charge in [0.25, 0.3) is 5.91 Å². The Morgan fingerprint density at radius 3 is 2.43 bits per heavy atom. The number of rotatable bonds is 6. The second-order valence-electron chi connectivity index (χ2n) is 6.62. The number of hydrogen-bond acceptors (Lipinski definition) is 4. The molecule has 0 fully saturated rings. The van der Waals surface area contributed by atoms with Gasteiger partial charge in [0.1, 0.15) is 11.5 Å². The minimum absolute atomic E-state index is 0.137. The van der Waals surface area contributed by atoms with E-state index in [1.165, 1.54) is 0 Å². The Bertz CT molecular complexity index is 980. The third-order valence-electron chi connectivity index (χ3n) is 4.82. The maximum Gasteiger partial charge on any atom is 0.257 e. The van der Waals surface area contributed by atoms with Crippen LogP contribution in [0.4, 0.5) is 0 Å². The smallest absolute Gasteiger partial charge is 0.257 e. The minimum atomic E-state index is -0.137. The SMILES string of the molecule is COc1ccc(OC)c(C(=O)N(C)Cc2c(C)nn(-c3ccccc3)c2C)c1. The van der Waals surface area contributed by atoms with Gasteiger partial charge in [0.2, 0.25) is 0 Å². The molecule has 0 aliphatic rings. The molecule has 0 bridgehead atoms. The Balaban J connectivity index is 1.89. The number of methoxy groups -OCH3 is 2. The van der Waals surface area contributed by atoms with E-state index in [-0.39, 0.29) is 5.91 Å². The molecule has 0 aliphatic heterocycles. The lowest BCUT2D eigenvalue weighted by molar-refractivity contribution is 0.0781. The number of aryl methyl sites for hydroxylation is 1. The first-order valence-electron chi connectivity index (χ1n) is 9.04. The summed E-state index contributed by atoms with van der Waals surface area (Å²) in [5.74, 6) is 0.995. The van der Waals surface area contributed by atoms with Crippen molar-refractivity contribution in [3.63, 3.8) is 0 Å². The van der Waals surface area contributed by atoms with Crippen molar-refractivity contribution in [1.29, 1.82) is 0 Å². The van der Waals surface area contributed by atoms with E-state index in [4.69, 9.17) is 9.47 Å². The van der Waals surface area contributed by atoms with Crippen LogP contribution in [0.25, 0.3) is 5.69 Å². The van der Waals surface area contributed by atoms with Gasteiger partial charge in [-0.25, -0.2) is 4.68 Å². The molecule has 0 spiro atoms. The number of hydrogen-bond donors (Lipinski definition) is 0. The summed E-state index contributed by atoms with van der Waals surface area (Å²) in [5.41, 5.74) is 4.41. The van der Waals surface area contributed by atoms with Crippen molar-refractivity contribution in [2.24, 2.45) is 0 Å². The predicted octanol–water partition coefficient (Wildman–Crippen LogP) is 3.78. The van der Waals surface area contributed by atoms with E-state index in [0.717, 1.165) is 22.6 Å². The van der Waals surface area contributed by atoms with Crippen molar-refractivity contribution in [3.05, 3.63) is 71.0 Å². The summed E-state index contributed by atoms with van der Waals surface area (Å²) >= 11 is 0. The Labute approximate surface area is 165 Å². The van der Waals surface area contributed by atoms with Crippen molar-refractivity contribution in [3.8, 4) is 17.2 Å². The van der Waals surface area contributed by atoms with Gasteiger partial charge in [-0.15, -0.1) is 0 Å². The molecule has 0 N–H and O–H groups in total. The Kier molecular flexibility index (Phi) is 5.68. The van der Waals surface area contributed by atoms with Gasteiger partial charge in [0, 0.05) is 24.8 Å². The summed E-state index contributed by atoms with van der Waals surface area (Å²) in [5, 5.41) is 4.66. The number of amides is 1. The summed E-state index contributed by atoms with van der Waals surface area (Å²) < 4.78 is 12.5. The number of para-hydroxylation sites is 1. The Morgan fingerprint density at radius 1 is 1.07 bits per heavy atom. The molecule has 6 heteroatoms. The van der Waals surface area contributed by atoms with Gasteiger partial charge in [0.05, 0.1) is 31.2 Å². The topological polar surface area (TPSA) is 56.6 Å². The fourth-order valence-corrected chi connectivity index (χ4v) is 3.22. The van der Waals surface area contributed by atoms with Gasteiger partial charge in [0.15, 0.2) is 0 Å². The summed E-state index contributed by atoms with van der Waals surface area (Å²) in [4.78, 5) is 14.7. The fraction of sp³-hybridized carbons (Fsp3) is 0.273. The average Bonchev–Trinajstić information content (AvgIpc) is 3.01. The predicted molar refractivity (Wildman–Crippen MR) is 108 cm³/mol. The van der Waals surface area contributed by atoms with E-state index in [1.807, 2.05) is 48.9 Å². The maximum absolute atomic E-state index is 13.1. The molecule has 1 aromatic heterocycles. The van der Waals surface area contributed by atoms with Gasteiger partial charge >= 0.3 is 0 Å². The number of nitrogens with zero attached hydrogens (tertiary/aromatic N) is 3. The summed E-state index contributed by atoms with van der Waals surface area (Å²) in [6.45, 7) is 4.43. The van der Waals surface area contributed by atoms with Crippen LogP contribution in [-0.4, -0.2) is 41.9 Å². The Hall–Kier alpha value is -3.28. The maximum atomic E-state index is 13.1. The normalized spacial score (nSPS) is 10.6. The number of ether oxygens (including phenoxy) is 2. The molecular formula is C22H25N3O3. The zero-order chi connectivity index (χ0) is 20.3. The monoisotopic (exact) mass is 379 g/mol. The average molecular weight is 379 g/mol. The Morgan fingerprint density at radius 2 is 1.79 bits per heavy atom. The van der Waals surface area contributed by atoms with Crippen LogP contribution in [0.3, 0.4) is 0 Å². The lowest BCUT2D eigenvalue weighted by Crippen LogP contribution is -2.27. The molecule has 0 radical (unpaired) electrons. The van der Waals surface area contributed by atoms with Crippen LogP contribution in [0.5, 0.6) is 11.5 Å². The van der Waals surface area contributed by atoms with Crippen LogP contribution in [0.2, 0.25) is 0 Å². The molecule has 2 aromatic carbocycles. The van der Waals surface area contributed by atoms with Gasteiger partial charge in [-0.2, -0.15) is 5.10 Å². The quantitative estimate of drug-likeness (QED) is 0.654. The third-order valence-corrected chi connectivity index (χ3v) is 4.82. The van der Waals surface area contributed by atoms with Crippen LogP contribution in [-0.2, 0) is 6.54 Å². The molecule has 3 rings (SSSR count). The molecule has 0 atom stereocenters. The van der Waals surface area contributed by atoms with Gasteiger partial charge in [-0.3, -0.25) is 4.79 Å². The molecule has 3 aromatic rings. The van der Waals surface area contributed by atoms with Crippen LogP contribution in [0, 0.1) is 13.8 Å². The first kappa shape index (κ1) is 19.5. The van der Waals surface area contributed by atoms with Crippen molar-refractivity contribution < 1.29 is 14.3 Å². The number of benzene rings is 2. The summed E-state index contributed by atoms with van der Waals surface area (Å²) in [6, 6.07) is 15.2. The van der Waals surface area contributed by atoms with Crippen molar-refractivity contribution in [2.45, 2.75) is 20.4 Å². The number of aromatic nitrogens is 2. The molecule has 0 saturated carbocycles. The molecule has 28 heavy (non-hydrogen) atoms. The molecule has 0 unspecified atom stereocenters. The van der Waals surface area contributed by atoms with Crippen LogP contribution < -0.4 is 9.47 Å². The first-order valence-corrected chi connectivity index (χ1v) is 9.04. The first-order chi connectivity index (χ1) is 13.5. The standard InChI is InChI=1S/C22H25N3O3/c1-15-20(16(2)25(23-15)17-9-7-6-8-10-17)14-24(3)22(26)19-13-18(27-4)11-12-21(19)28-5/h6-13H,14H2,1-5H3. The van der Waals surface area contributed by atoms with Gasteiger partial charge in [-0.1, -0.05) is 18.2 Å². The second-order valence-corrected chi connectivity index (χ2v) is 6.62. The molecular weight excluding hydrogens is 354 g/mol. The van der Waals surface area contributed by atoms with E-state index in [2.05, 4.69) is 5.10 Å².